The van der Waals surface area contributed by atoms with Crippen molar-refractivity contribution in [3.8, 4) is 5.75 Å². The zero-order valence-electron chi connectivity index (χ0n) is 12.6. The molecule has 0 radical (unpaired) electrons. The summed E-state index contributed by atoms with van der Waals surface area (Å²) in [7, 11) is 0. The normalized spacial score (nSPS) is 16.1. The van der Waals surface area contributed by atoms with E-state index in [0.29, 0.717) is 12.8 Å². The number of ether oxygens (including phenoxy) is 2. The molecule has 1 aliphatic carbocycles. The molecule has 1 amide bonds. The first kappa shape index (κ1) is 16.8. The van der Waals surface area contributed by atoms with Crippen LogP contribution >= 0.6 is 11.6 Å². The highest BCUT2D eigenvalue weighted by Crippen LogP contribution is 2.41. The lowest BCUT2D eigenvalue weighted by Gasteiger charge is -2.20. The van der Waals surface area contributed by atoms with Crippen molar-refractivity contribution in [1.82, 2.24) is 0 Å². The average molecular weight is 334 g/mol. The van der Waals surface area contributed by atoms with Gasteiger partial charge < -0.3 is 9.47 Å². The number of alkyl halides is 1. The van der Waals surface area contributed by atoms with E-state index in [1.165, 1.54) is 12.1 Å². The molecule has 0 aromatic heterocycles. The molecule has 0 saturated heterocycles. The minimum absolute atomic E-state index is 0.0397. The van der Waals surface area contributed by atoms with Gasteiger partial charge in [0.2, 0.25) is 0 Å². The maximum atomic E-state index is 14.1. The molecule has 0 heterocycles. The van der Waals surface area contributed by atoms with Crippen LogP contribution in [0.15, 0.2) is 12.1 Å². The van der Waals surface area contributed by atoms with Gasteiger partial charge in [0.25, 0.3) is 0 Å². The lowest BCUT2D eigenvalue weighted by molar-refractivity contribution is 0.0635. The van der Waals surface area contributed by atoms with E-state index in [4.69, 9.17) is 21.1 Å². The van der Waals surface area contributed by atoms with Gasteiger partial charge in [-0.15, -0.1) is 0 Å². The summed E-state index contributed by atoms with van der Waals surface area (Å²) in [4.78, 5) is 11.6. The van der Waals surface area contributed by atoms with Gasteiger partial charge in [-0.05, 0) is 45.7 Å². The minimum Gasteiger partial charge on any atom is -0.489 e. The monoisotopic (exact) mass is 333 g/mol. The summed E-state index contributed by atoms with van der Waals surface area (Å²) in [5.41, 5.74) is -2.16. The molecule has 1 fully saturated rings. The van der Waals surface area contributed by atoms with Gasteiger partial charge in [0.1, 0.15) is 28.6 Å². The van der Waals surface area contributed by atoms with Gasteiger partial charge in [0.05, 0.1) is 5.69 Å². The molecule has 0 aliphatic heterocycles. The molecule has 1 aromatic carbocycles. The zero-order valence-corrected chi connectivity index (χ0v) is 13.4. The number of halogens is 3. The van der Waals surface area contributed by atoms with Crippen molar-refractivity contribution in [3.63, 3.8) is 0 Å². The van der Waals surface area contributed by atoms with Gasteiger partial charge in [-0.2, -0.15) is 0 Å². The molecule has 22 heavy (non-hydrogen) atoms. The Hall–Kier alpha value is -1.56. The third-order valence-electron chi connectivity index (χ3n) is 2.96. The molecule has 0 bridgehead atoms. The van der Waals surface area contributed by atoms with E-state index >= 15 is 0 Å². The van der Waals surface area contributed by atoms with Gasteiger partial charge >= 0.3 is 6.09 Å². The van der Waals surface area contributed by atoms with Crippen LogP contribution in [0, 0.1) is 5.82 Å². The first-order valence-corrected chi connectivity index (χ1v) is 7.27. The Labute approximate surface area is 132 Å². The molecule has 4 nitrogen and oxygen atoms in total. The zero-order chi connectivity index (χ0) is 16.5. The van der Waals surface area contributed by atoms with Gasteiger partial charge in [-0.3, -0.25) is 5.32 Å². The summed E-state index contributed by atoms with van der Waals surface area (Å²) in [5.74, 6) is -0.813. The number of nitrogens with one attached hydrogen (secondary N) is 1. The van der Waals surface area contributed by atoms with Crippen molar-refractivity contribution in [1.29, 1.82) is 0 Å². The second kappa shape index (κ2) is 5.91. The molecular weight excluding hydrogens is 316 g/mol. The number of amides is 1. The summed E-state index contributed by atoms with van der Waals surface area (Å²) >= 11 is 5.85. The SMILES string of the molecule is CC(C)(C)OC(=O)Nc1ccc(OCC2(F)CC2)c(Cl)c1F. The highest BCUT2D eigenvalue weighted by molar-refractivity contribution is 6.32. The van der Waals surface area contributed by atoms with Crippen LogP contribution in [0.1, 0.15) is 33.6 Å². The standard InChI is InChI=1S/C15H18ClF2NO3/c1-14(2,3)22-13(20)19-9-4-5-10(11(16)12(9)17)21-8-15(18)6-7-15/h4-5H,6-8H2,1-3H3,(H,19,20). The van der Waals surface area contributed by atoms with Gasteiger partial charge in [-0.1, -0.05) is 11.6 Å². The minimum atomic E-state index is -1.33. The largest absolute Gasteiger partial charge is 0.489 e. The maximum Gasteiger partial charge on any atom is 0.412 e. The van der Waals surface area contributed by atoms with Gasteiger partial charge in [-0.25, -0.2) is 13.6 Å². The molecule has 1 aromatic rings. The Morgan fingerprint density at radius 3 is 2.59 bits per heavy atom. The first-order valence-electron chi connectivity index (χ1n) is 6.89. The van der Waals surface area contributed by atoms with Gasteiger partial charge in [0.15, 0.2) is 5.82 Å². The third kappa shape index (κ3) is 4.47. The van der Waals surface area contributed by atoms with Crippen LogP contribution < -0.4 is 10.1 Å². The molecule has 1 saturated carbocycles. The summed E-state index contributed by atoms with van der Waals surface area (Å²) in [6.45, 7) is 4.91. The van der Waals surface area contributed by atoms with Crippen molar-refractivity contribution < 1.29 is 23.0 Å². The third-order valence-corrected chi connectivity index (χ3v) is 3.31. The predicted octanol–water partition coefficient (Wildman–Crippen LogP) is 4.71. The van der Waals surface area contributed by atoms with Crippen LogP contribution in [0.3, 0.4) is 0 Å². The molecule has 1 N–H and O–H groups in total. The Morgan fingerprint density at radius 2 is 2.05 bits per heavy atom. The van der Waals surface area contributed by atoms with Crippen LogP contribution in [-0.4, -0.2) is 24.0 Å². The molecule has 0 spiro atoms. The number of anilines is 1. The van der Waals surface area contributed by atoms with Crippen LogP contribution in [0.4, 0.5) is 19.3 Å². The number of carbonyl (C=O) groups excluding carboxylic acids is 1. The topological polar surface area (TPSA) is 47.6 Å². The summed E-state index contributed by atoms with van der Waals surface area (Å²) < 4.78 is 37.8. The quantitative estimate of drug-likeness (QED) is 0.868. The van der Waals surface area contributed by atoms with E-state index in [9.17, 15) is 13.6 Å². The highest BCUT2D eigenvalue weighted by atomic mass is 35.5. The van der Waals surface area contributed by atoms with Crippen molar-refractivity contribution >= 4 is 23.4 Å². The Bertz CT molecular complexity index is 583. The summed E-state index contributed by atoms with van der Waals surface area (Å²) in [6, 6.07) is 2.67. The molecule has 7 heteroatoms. The van der Waals surface area contributed by atoms with Crippen molar-refractivity contribution in [2.75, 3.05) is 11.9 Å². The van der Waals surface area contributed by atoms with Crippen LogP contribution in [0.2, 0.25) is 5.02 Å². The predicted molar refractivity (Wildman–Crippen MR) is 79.8 cm³/mol. The molecule has 1 aliphatic rings. The summed E-state index contributed by atoms with van der Waals surface area (Å²) in [6.07, 6.45) is 0.0772. The van der Waals surface area contributed by atoms with E-state index in [-0.39, 0.29) is 23.1 Å². The number of carbonyl (C=O) groups is 1. The van der Waals surface area contributed by atoms with Gasteiger partial charge in [0, 0.05) is 0 Å². The first-order chi connectivity index (χ1) is 10.1. The number of benzene rings is 1. The highest BCUT2D eigenvalue weighted by Gasteiger charge is 2.44. The van der Waals surface area contributed by atoms with E-state index in [1.807, 2.05) is 0 Å². The van der Waals surface area contributed by atoms with Crippen molar-refractivity contribution in [3.05, 3.63) is 23.0 Å². The Morgan fingerprint density at radius 1 is 1.41 bits per heavy atom. The molecule has 0 atom stereocenters. The second-order valence-electron chi connectivity index (χ2n) is 6.31. The maximum absolute atomic E-state index is 14.1. The van der Waals surface area contributed by atoms with E-state index in [2.05, 4.69) is 5.32 Å². The van der Waals surface area contributed by atoms with Crippen molar-refractivity contribution in [2.24, 2.45) is 0 Å². The second-order valence-corrected chi connectivity index (χ2v) is 6.68. The fraction of sp³-hybridized carbons (Fsp3) is 0.533. The molecular formula is C15H18ClF2NO3. The smallest absolute Gasteiger partial charge is 0.412 e. The molecule has 122 valence electrons. The summed E-state index contributed by atoms with van der Waals surface area (Å²) in [5, 5.41) is 1.96. The van der Waals surface area contributed by atoms with E-state index < -0.39 is 23.2 Å². The molecule has 2 rings (SSSR count). The lowest BCUT2D eigenvalue weighted by Crippen LogP contribution is -2.27. The Balaban J connectivity index is 2.04. The number of hydrogen-bond acceptors (Lipinski definition) is 3. The van der Waals surface area contributed by atoms with Crippen molar-refractivity contribution in [2.45, 2.75) is 44.9 Å². The Kier molecular flexibility index (Phi) is 4.52. The fourth-order valence-electron chi connectivity index (χ4n) is 1.64. The number of hydrogen-bond donors (Lipinski definition) is 1. The average Bonchev–Trinajstić information content (AvgIpc) is 3.10. The molecule has 0 unspecified atom stereocenters. The van der Waals surface area contributed by atoms with E-state index in [1.54, 1.807) is 20.8 Å². The van der Waals surface area contributed by atoms with Crippen LogP contribution in [0.5, 0.6) is 5.75 Å². The van der Waals surface area contributed by atoms with Crippen LogP contribution in [-0.2, 0) is 4.74 Å². The van der Waals surface area contributed by atoms with E-state index in [0.717, 1.165) is 0 Å². The fourth-order valence-corrected chi connectivity index (χ4v) is 1.86. The van der Waals surface area contributed by atoms with Crippen LogP contribution in [0.25, 0.3) is 0 Å². The number of rotatable bonds is 4. The lowest BCUT2D eigenvalue weighted by atomic mass is 10.2.